The third kappa shape index (κ3) is 3.64. The highest BCUT2D eigenvalue weighted by atomic mass is 16.6. The van der Waals surface area contributed by atoms with Crippen LogP contribution in [0.4, 0.5) is 0 Å². The largest absolute Gasteiger partial charge is 0.486 e. The molecular formula is C14H16O5. The molecule has 0 N–H and O–H groups in total. The van der Waals surface area contributed by atoms with Crippen molar-refractivity contribution < 1.29 is 23.7 Å². The summed E-state index contributed by atoms with van der Waals surface area (Å²) < 4.78 is 21.2. The van der Waals surface area contributed by atoms with Crippen LogP contribution in [0.5, 0.6) is 17.2 Å². The highest BCUT2D eigenvalue weighted by molar-refractivity contribution is 5.82. The number of ether oxygens (including phenoxy) is 4. The molecule has 1 heterocycles. The molecule has 1 aromatic rings. The van der Waals surface area contributed by atoms with Crippen LogP contribution in [0.25, 0.3) is 0 Å². The van der Waals surface area contributed by atoms with E-state index in [0.717, 1.165) is 0 Å². The molecule has 1 aliphatic rings. The zero-order valence-electron chi connectivity index (χ0n) is 11.0. The van der Waals surface area contributed by atoms with E-state index in [4.69, 9.17) is 18.9 Å². The number of carbonyl (C=O) groups is 1. The Morgan fingerprint density at radius 2 is 2.05 bits per heavy atom. The zero-order chi connectivity index (χ0) is 13.7. The summed E-state index contributed by atoms with van der Waals surface area (Å²) in [5.41, 5.74) is 0. The van der Waals surface area contributed by atoms with Crippen LogP contribution in [0.2, 0.25) is 0 Å². The monoisotopic (exact) mass is 264 g/mol. The van der Waals surface area contributed by atoms with Crippen LogP contribution in [0.3, 0.4) is 0 Å². The Hall–Kier alpha value is -2.17. The second kappa shape index (κ2) is 6.13. The molecule has 0 fully saturated rings. The van der Waals surface area contributed by atoms with Gasteiger partial charge in [0, 0.05) is 6.07 Å². The molecule has 0 aliphatic carbocycles. The van der Waals surface area contributed by atoms with Crippen molar-refractivity contribution in [3.63, 3.8) is 0 Å². The van der Waals surface area contributed by atoms with E-state index in [2.05, 4.69) is 0 Å². The van der Waals surface area contributed by atoms with Gasteiger partial charge >= 0.3 is 5.97 Å². The van der Waals surface area contributed by atoms with Crippen LogP contribution < -0.4 is 14.2 Å². The Morgan fingerprint density at radius 3 is 2.79 bits per heavy atom. The van der Waals surface area contributed by atoms with Crippen LogP contribution in [-0.4, -0.2) is 25.8 Å². The number of carbonyl (C=O) groups excluding carboxylic acids is 1. The highest BCUT2D eigenvalue weighted by Crippen LogP contribution is 2.34. The molecule has 5 nitrogen and oxygen atoms in total. The lowest BCUT2D eigenvalue weighted by Crippen LogP contribution is -2.15. The van der Waals surface area contributed by atoms with Crippen LogP contribution in [0, 0.1) is 0 Å². The number of allylic oxidation sites excluding steroid dienone is 1. The number of fused-ring (bicyclic) bond motifs is 1. The van der Waals surface area contributed by atoms with Gasteiger partial charge in [0.1, 0.15) is 24.7 Å². The summed E-state index contributed by atoms with van der Waals surface area (Å²) in [5, 5.41) is 0. The standard InChI is InChI=1S/C14H16O5/c1-3-16-14(15)8-10(2)19-11-4-5-12-13(9-11)18-7-6-17-12/h4-5,8-9H,3,6-7H2,1-2H3/b10-8-. The molecule has 5 heteroatoms. The van der Waals surface area contributed by atoms with Crippen molar-refractivity contribution >= 4 is 5.97 Å². The predicted octanol–water partition coefficient (Wildman–Crippen LogP) is 2.30. The minimum Gasteiger partial charge on any atom is -0.486 e. The maximum absolute atomic E-state index is 11.3. The quantitative estimate of drug-likeness (QED) is 0.474. The molecule has 0 aromatic heterocycles. The lowest BCUT2D eigenvalue weighted by molar-refractivity contribution is -0.137. The molecule has 0 atom stereocenters. The molecule has 19 heavy (non-hydrogen) atoms. The number of hydrogen-bond acceptors (Lipinski definition) is 5. The Bertz CT molecular complexity index is 493. The molecule has 1 aromatic carbocycles. The summed E-state index contributed by atoms with van der Waals surface area (Å²) in [5.74, 6) is 1.97. The summed E-state index contributed by atoms with van der Waals surface area (Å²) in [7, 11) is 0. The van der Waals surface area contributed by atoms with Crippen LogP contribution in [0.15, 0.2) is 30.0 Å². The highest BCUT2D eigenvalue weighted by Gasteiger charge is 2.12. The van der Waals surface area contributed by atoms with Gasteiger partial charge in [0.15, 0.2) is 11.5 Å². The number of benzene rings is 1. The molecule has 0 amide bonds. The number of hydrogen-bond donors (Lipinski definition) is 0. The molecule has 2 rings (SSSR count). The second-order valence-electron chi connectivity index (χ2n) is 3.91. The Morgan fingerprint density at radius 1 is 1.32 bits per heavy atom. The number of rotatable bonds is 4. The van der Waals surface area contributed by atoms with Gasteiger partial charge in [-0.05, 0) is 26.0 Å². The molecule has 102 valence electrons. The molecule has 0 spiro atoms. The predicted molar refractivity (Wildman–Crippen MR) is 68.5 cm³/mol. The first-order valence-electron chi connectivity index (χ1n) is 6.11. The van der Waals surface area contributed by atoms with Crippen LogP contribution in [0.1, 0.15) is 13.8 Å². The van der Waals surface area contributed by atoms with Crippen molar-refractivity contribution in [2.75, 3.05) is 19.8 Å². The lowest BCUT2D eigenvalue weighted by atomic mass is 10.3. The van der Waals surface area contributed by atoms with Crippen molar-refractivity contribution in [1.29, 1.82) is 0 Å². The van der Waals surface area contributed by atoms with Gasteiger partial charge in [-0.15, -0.1) is 0 Å². The SMILES string of the molecule is CCOC(=O)/C=C(/C)Oc1ccc2c(c1)OCCO2. The fraction of sp³-hybridized carbons (Fsp3) is 0.357. The van der Waals surface area contributed by atoms with Crippen molar-refractivity contribution in [3.8, 4) is 17.2 Å². The van der Waals surface area contributed by atoms with Crippen molar-refractivity contribution in [2.45, 2.75) is 13.8 Å². The Balaban J connectivity index is 2.04. The summed E-state index contributed by atoms with van der Waals surface area (Å²) in [4.78, 5) is 11.3. The van der Waals surface area contributed by atoms with E-state index in [1.54, 1.807) is 32.0 Å². The van der Waals surface area contributed by atoms with Crippen molar-refractivity contribution in [3.05, 3.63) is 30.0 Å². The van der Waals surface area contributed by atoms with E-state index < -0.39 is 5.97 Å². The van der Waals surface area contributed by atoms with E-state index in [9.17, 15) is 4.79 Å². The van der Waals surface area contributed by atoms with Gasteiger partial charge in [-0.3, -0.25) is 0 Å². The Kier molecular flexibility index (Phi) is 4.28. The Labute approximate surface area is 111 Å². The van der Waals surface area contributed by atoms with Gasteiger partial charge in [0.2, 0.25) is 0 Å². The zero-order valence-corrected chi connectivity index (χ0v) is 11.0. The van der Waals surface area contributed by atoms with Gasteiger partial charge in [-0.2, -0.15) is 0 Å². The topological polar surface area (TPSA) is 54.0 Å². The lowest BCUT2D eigenvalue weighted by Gasteiger charge is -2.18. The number of esters is 1. The van der Waals surface area contributed by atoms with E-state index in [1.807, 2.05) is 0 Å². The molecule has 1 aliphatic heterocycles. The van der Waals surface area contributed by atoms with E-state index in [1.165, 1.54) is 6.08 Å². The summed E-state index contributed by atoms with van der Waals surface area (Å²) in [6.07, 6.45) is 1.31. The minimum absolute atomic E-state index is 0.340. The molecular weight excluding hydrogens is 248 g/mol. The molecule has 0 radical (unpaired) electrons. The van der Waals surface area contributed by atoms with Gasteiger partial charge in [-0.1, -0.05) is 0 Å². The minimum atomic E-state index is -0.419. The molecule has 0 unspecified atom stereocenters. The summed E-state index contributed by atoms with van der Waals surface area (Å²) >= 11 is 0. The average Bonchev–Trinajstić information content (AvgIpc) is 2.38. The maximum atomic E-state index is 11.3. The fourth-order valence-electron chi connectivity index (χ4n) is 1.65. The van der Waals surface area contributed by atoms with Crippen LogP contribution >= 0.6 is 0 Å². The first-order chi connectivity index (χ1) is 9.19. The second-order valence-corrected chi connectivity index (χ2v) is 3.91. The summed E-state index contributed by atoms with van der Waals surface area (Å²) in [6.45, 7) is 4.85. The van der Waals surface area contributed by atoms with Gasteiger partial charge in [-0.25, -0.2) is 4.79 Å². The van der Waals surface area contributed by atoms with Crippen molar-refractivity contribution in [2.24, 2.45) is 0 Å². The third-order valence-electron chi connectivity index (χ3n) is 2.40. The third-order valence-corrected chi connectivity index (χ3v) is 2.40. The molecule has 0 saturated heterocycles. The molecule has 0 bridgehead atoms. The van der Waals surface area contributed by atoms with E-state index >= 15 is 0 Å². The van der Waals surface area contributed by atoms with E-state index in [0.29, 0.717) is 42.8 Å². The van der Waals surface area contributed by atoms with Gasteiger partial charge in [0.25, 0.3) is 0 Å². The van der Waals surface area contributed by atoms with Gasteiger partial charge < -0.3 is 18.9 Å². The van der Waals surface area contributed by atoms with Gasteiger partial charge in [0.05, 0.1) is 12.7 Å². The van der Waals surface area contributed by atoms with E-state index in [-0.39, 0.29) is 0 Å². The van der Waals surface area contributed by atoms with Crippen molar-refractivity contribution in [1.82, 2.24) is 0 Å². The molecule has 0 saturated carbocycles. The smallest absolute Gasteiger partial charge is 0.334 e. The summed E-state index contributed by atoms with van der Waals surface area (Å²) in [6, 6.07) is 5.27. The van der Waals surface area contributed by atoms with Crippen LogP contribution in [-0.2, 0) is 9.53 Å². The maximum Gasteiger partial charge on any atom is 0.334 e. The average molecular weight is 264 g/mol. The first kappa shape index (κ1) is 13.3. The first-order valence-corrected chi connectivity index (χ1v) is 6.11. The normalized spacial score (nSPS) is 13.9. The fourth-order valence-corrected chi connectivity index (χ4v) is 1.65.